The van der Waals surface area contributed by atoms with Gasteiger partial charge in [0.2, 0.25) is 12.7 Å². The van der Waals surface area contributed by atoms with Crippen LogP contribution in [0.25, 0.3) is 6.08 Å². The van der Waals surface area contributed by atoms with Gasteiger partial charge in [-0.05, 0) is 54.1 Å². The molecule has 1 aromatic heterocycles. The Bertz CT molecular complexity index is 1040. The van der Waals surface area contributed by atoms with Gasteiger partial charge in [0.1, 0.15) is 0 Å². The molecule has 0 spiro atoms. The summed E-state index contributed by atoms with van der Waals surface area (Å²) in [5.74, 6) is 0.690. The highest BCUT2D eigenvalue weighted by molar-refractivity contribution is 8.18. The Morgan fingerprint density at radius 2 is 2.07 bits per heavy atom. The number of hydrogen-bond donors (Lipinski definition) is 1. The number of imide groups is 1. The first-order valence-electron chi connectivity index (χ1n) is 9.33. The third kappa shape index (κ3) is 4.46. The lowest BCUT2D eigenvalue weighted by Crippen LogP contribution is -2.37. The number of thioether (sulfide) groups is 1. The number of nitrogens with one attached hydrogen (secondary N) is 1. The van der Waals surface area contributed by atoms with E-state index < -0.39 is 0 Å². The van der Waals surface area contributed by atoms with Crippen LogP contribution in [0.2, 0.25) is 0 Å². The summed E-state index contributed by atoms with van der Waals surface area (Å²) in [5, 5.41) is 2.38. The fourth-order valence-corrected chi connectivity index (χ4v) is 3.87. The lowest BCUT2D eigenvalue weighted by Gasteiger charge is -2.13. The van der Waals surface area contributed by atoms with E-state index in [2.05, 4.69) is 10.3 Å². The summed E-state index contributed by atoms with van der Waals surface area (Å²) in [7, 11) is 0. The molecule has 30 heavy (non-hydrogen) atoms. The zero-order valence-electron chi connectivity index (χ0n) is 16.2. The summed E-state index contributed by atoms with van der Waals surface area (Å²) in [5.41, 5.74) is 2.42. The van der Waals surface area contributed by atoms with Crippen LogP contribution in [0.4, 0.5) is 4.79 Å². The van der Waals surface area contributed by atoms with Gasteiger partial charge in [-0.25, -0.2) is 0 Å². The number of ether oxygens (including phenoxy) is 2. The maximum Gasteiger partial charge on any atom is 0.293 e. The highest BCUT2D eigenvalue weighted by atomic mass is 32.2. The highest BCUT2D eigenvalue weighted by Crippen LogP contribution is 2.36. The molecule has 1 fully saturated rings. The molecule has 8 nitrogen and oxygen atoms in total. The predicted octanol–water partition coefficient (Wildman–Crippen LogP) is 2.51. The molecule has 2 aromatic rings. The fourth-order valence-electron chi connectivity index (χ4n) is 3.01. The molecule has 0 radical (unpaired) electrons. The third-order valence-electron chi connectivity index (χ3n) is 4.56. The number of pyridine rings is 1. The standard InChI is InChI=1S/C21H19N3O5S/c1-13-2-3-15(11-23-13)10-19(25)22-6-7-24-20(26)18(30-21(24)27)9-14-4-5-16-17(8-14)29-12-28-16/h2-5,8-9,11H,6-7,10,12H2,1H3,(H,22,25)/b18-9+. The Kier molecular flexibility index (Phi) is 5.71. The SMILES string of the molecule is Cc1ccc(CC(=O)NCCN2C(=O)S/C(=C/c3ccc4c(c3)OCO4)C2=O)cn1. The number of hydrogen-bond acceptors (Lipinski definition) is 7. The maximum absolute atomic E-state index is 12.6. The summed E-state index contributed by atoms with van der Waals surface area (Å²) in [6, 6.07) is 9.00. The van der Waals surface area contributed by atoms with Gasteiger partial charge in [-0.15, -0.1) is 0 Å². The van der Waals surface area contributed by atoms with Gasteiger partial charge in [-0.3, -0.25) is 24.3 Å². The van der Waals surface area contributed by atoms with Crippen LogP contribution < -0.4 is 14.8 Å². The van der Waals surface area contributed by atoms with E-state index in [-0.39, 0.29) is 43.4 Å². The van der Waals surface area contributed by atoms with Crippen LogP contribution in [0.15, 0.2) is 41.4 Å². The molecule has 0 bridgehead atoms. The Labute approximate surface area is 177 Å². The van der Waals surface area contributed by atoms with Crippen LogP contribution in [0.1, 0.15) is 16.8 Å². The van der Waals surface area contributed by atoms with E-state index in [1.54, 1.807) is 30.5 Å². The number of aromatic nitrogens is 1. The minimum Gasteiger partial charge on any atom is -0.454 e. The summed E-state index contributed by atoms with van der Waals surface area (Å²) in [4.78, 5) is 42.5. The van der Waals surface area contributed by atoms with Crippen LogP contribution in [0.3, 0.4) is 0 Å². The van der Waals surface area contributed by atoms with Crippen molar-refractivity contribution in [3.8, 4) is 11.5 Å². The first-order chi connectivity index (χ1) is 14.5. The average Bonchev–Trinajstić information content (AvgIpc) is 3.29. The van der Waals surface area contributed by atoms with Crippen LogP contribution in [0, 0.1) is 6.92 Å². The van der Waals surface area contributed by atoms with Gasteiger partial charge >= 0.3 is 0 Å². The van der Waals surface area contributed by atoms with Crippen molar-refractivity contribution in [3.63, 3.8) is 0 Å². The second-order valence-corrected chi connectivity index (χ2v) is 7.77. The van der Waals surface area contributed by atoms with Gasteiger partial charge in [0.15, 0.2) is 11.5 Å². The number of amides is 3. The molecule has 154 valence electrons. The molecule has 9 heteroatoms. The highest BCUT2D eigenvalue weighted by Gasteiger charge is 2.34. The van der Waals surface area contributed by atoms with Crippen LogP contribution in [-0.4, -0.2) is 46.8 Å². The van der Waals surface area contributed by atoms with Crippen LogP contribution in [0.5, 0.6) is 11.5 Å². The number of aryl methyl sites for hydroxylation is 1. The normalized spacial score (nSPS) is 16.4. The molecule has 0 saturated carbocycles. The molecule has 2 aliphatic heterocycles. The third-order valence-corrected chi connectivity index (χ3v) is 5.47. The smallest absolute Gasteiger partial charge is 0.293 e. The second kappa shape index (κ2) is 8.58. The molecule has 2 aliphatic rings. The van der Waals surface area contributed by atoms with E-state index in [1.807, 2.05) is 19.1 Å². The van der Waals surface area contributed by atoms with Gasteiger partial charge in [0.05, 0.1) is 11.3 Å². The fraction of sp³-hybridized carbons (Fsp3) is 0.238. The first kappa shape index (κ1) is 20.0. The lowest BCUT2D eigenvalue weighted by molar-refractivity contribution is -0.124. The van der Waals surface area contributed by atoms with Gasteiger partial charge in [-0.2, -0.15) is 0 Å². The van der Waals surface area contributed by atoms with E-state index in [4.69, 9.17) is 9.47 Å². The minimum absolute atomic E-state index is 0.112. The van der Waals surface area contributed by atoms with Crippen molar-refractivity contribution in [2.24, 2.45) is 0 Å². The molecule has 1 saturated heterocycles. The van der Waals surface area contributed by atoms with E-state index >= 15 is 0 Å². The average molecular weight is 425 g/mol. The topological polar surface area (TPSA) is 97.8 Å². The Morgan fingerprint density at radius 1 is 1.23 bits per heavy atom. The van der Waals surface area contributed by atoms with Crippen molar-refractivity contribution < 1.29 is 23.9 Å². The van der Waals surface area contributed by atoms with Crippen molar-refractivity contribution >= 4 is 34.9 Å². The molecule has 0 unspecified atom stereocenters. The number of carbonyl (C=O) groups excluding carboxylic acids is 3. The molecule has 3 amide bonds. The zero-order chi connectivity index (χ0) is 21.1. The molecule has 0 aliphatic carbocycles. The summed E-state index contributed by atoms with van der Waals surface area (Å²) in [6.07, 6.45) is 3.50. The molecule has 0 atom stereocenters. The Balaban J connectivity index is 1.32. The van der Waals surface area contributed by atoms with E-state index in [0.29, 0.717) is 16.4 Å². The Morgan fingerprint density at radius 3 is 2.87 bits per heavy atom. The van der Waals surface area contributed by atoms with Crippen molar-refractivity contribution in [2.45, 2.75) is 13.3 Å². The summed E-state index contributed by atoms with van der Waals surface area (Å²) >= 11 is 0.878. The van der Waals surface area contributed by atoms with Gasteiger partial charge in [0.25, 0.3) is 11.1 Å². The van der Waals surface area contributed by atoms with Crippen molar-refractivity contribution in [2.75, 3.05) is 19.9 Å². The molecule has 3 heterocycles. The van der Waals surface area contributed by atoms with Crippen LogP contribution >= 0.6 is 11.8 Å². The van der Waals surface area contributed by atoms with Crippen LogP contribution in [-0.2, 0) is 16.0 Å². The van der Waals surface area contributed by atoms with Crippen molar-refractivity contribution in [3.05, 3.63) is 58.3 Å². The predicted molar refractivity (Wildman–Crippen MR) is 111 cm³/mol. The number of fused-ring (bicyclic) bond motifs is 1. The number of benzene rings is 1. The van der Waals surface area contributed by atoms with E-state index in [0.717, 1.165) is 33.5 Å². The largest absolute Gasteiger partial charge is 0.454 e. The minimum atomic E-state index is -0.375. The number of rotatable bonds is 6. The first-order valence-corrected chi connectivity index (χ1v) is 10.1. The number of carbonyl (C=O) groups is 3. The van der Waals surface area contributed by atoms with Gasteiger partial charge in [-0.1, -0.05) is 12.1 Å². The molecular weight excluding hydrogens is 406 g/mol. The summed E-state index contributed by atoms with van der Waals surface area (Å²) < 4.78 is 10.6. The summed E-state index contributed by atoms with van der Waals surface area (Å²) in [6.45, 7) is 2.34. The quantitative estimate of drug-likeness (QED) is 0.710. The van der Waals surface area contributed by atoms with E-state index in [1.165, 1.54) is 0 Å². The molecular formula is C21H19N3O5S. The maximum atomic E-state index is 12.6. The van der Waals surface area contributed by atoms with E-state index in [9.17, 15) is 14.4 Å². The zero-order valence-corrected chi connectivity index (χ0v) is 17.0. The molecule has 4 rings (SSSR count). The molecule has 1 aromatic carbocycles. The second-order valence-electron chi connectivity index (χ2n) is 6.78. The number of nitrogens with zero attached hydrogens (tertiary/aromatic N) is 2. The van der Waals surface area contributed by atoms with Gasteiger partial charge < -0.3 is 14.8 Å². The molecule has 1 N–H and O–H groups in total. The monoisotopic (exact) mass is 425 g/mol. The Hall–Kier alpha value is -3.33. The lowest BCUT2D eigenvalue weighted by atomic mass is 10.2. The van der Waals surface area contributed by atoms with Crippen molar-refractivity contribution in [1.82, 2.24) is 15.2 Å². The van der Waals surface area contributed by atoms with Crippen molar-refractivity contribution in [1.29, 1.82) is 0 Å². The van der Waals surface area contributed by atoms with Gasteiger partial charge in [0, 0.05) is 25.0 Å².